The molecule has 0 spiro atoms. The van der Waals surface area contributed by atoms with Gasteiger partial charge in [0.15, 0.2) is 0 Å². The Morgan fingerprint density at radius 2 is 1.64 bits per heavy atom. The van der Waals surface area contributed by atoms with E-state index in [9.17, 15) is 0 Å². The molecule has 0 N–H and O–H groups in total. The summed E-state index contributed by atoms with van der Waals surface area (Å²) in [6.45, 7) is 0. The van der Waals surface area contributed by atoms with Crippen LogP contribution >= 0.6 is 27.5 Å². The molecule has 3 heteroatoms. The van der Waals surface area contributed by atoms with Gasteiger partial charge in [-0.25, -0.2) is 0 Å². The number of carbonyl (C=O) groups excluding carboxylic acids is 1. The highest BCUT2D eigenvalue weighted by Crippen LogP contribution is 2.18. The average Bonchev–Trinajstić information content (AvgIpc) is 2.19. The van der Waals surface area contributed by atoms with Crippen LogP contribution in [0, 0.1) is 0 Å². The van der Waals surface area contributed by atoms with Gasteiger partial charge in [-0.15, -0.1) is 0 Å². The van der Waals surface area contributed by atoms with Crippen LogP contribution in [0.15, 0.2) is 46.9 Å². The number of hydrogen-bond acceptors (Lipinski definition) is 1. The molecule has 0 unspecified atom stereocenters. The first-order valence-electron chi connectivity index (χ1n) is 3.96. The molecule has 0 saturated carbocycles. The Hall–Kier alpha value is -0.860. The number of hydrogen-bond donors (Lipinski definition) is 0. The van der Waals surface area contributed by atoms with Crippen LogP contribution in [-0.4, -0.2) is 5.75 Å². The topological polar surface area (TPSA) is 17.1 Å². The van der Waals surface area contributed by atoms with Gasteiger partial charge in [0.05, 0.1) is 0 Å². The van der Waals surface area contributed by atoms with E-state index in [0.717, 1.165) is 4.47 Å². The monoisotopic (exact) mass is 270 g/mol. The number of benzene rings is 2. The highest BCUT2D eigenvalue weighted by molar-refractivity contribution is 9.10. The molecule has 14 heavy (non-hydrogen) atoms. The van der Waals surface area contributed by atoms with Crippen molar-refractivity contribution in [2.24, 2.45) is 0 Å². The van der Waals surface area contributed by atoms with Gasteiger partial charge in [0.25, 0.3) is 0 Å². The third kappa shape index (κ3) is 3.13. The molecule has 0 aliphatic heterocycles. The summed E-state index contributed by atoms with van der Waals surface area (Å²) in [5.74, 6) is 0.222. The second-order valence-electron chi connectivity index (χ2n) is 2.58. The largest absolute Gasteiger partial charge is 0.285 e. The molecule has 1 nitrogen and oxygen atoms in total. The fourth-order valence-corrected chi connectivity index (χ4v) is 1.54. The van der Waals surface area contributed by atoms with Crippen LogP contribution < -0.4 is 0 Å². The zero-order valence-electron chi connectivity index (χ0n) is 7.28. The summed E-state index contributed by atoms with van der Waals surface area (Å²) in [5, 5.41) is 2.57. The number of halogens is 2. The van der Waals surface area contributed by atoms with Crippen molar-refractivity contribution in [3.63, 3.8) is 0 Å². The molecule has 0 radical (unpaired) electrons. The van der Waals surface area contributed by atoms with E-state index in [2.05, 4.69) is 70.0 Å². The molecule has 2 rings (SSSR count). The van der Waals surface area contributed by atoms with E-state index in [-0.39, 0.29) is 5.75 Å². The van der Waals surface area contributed by atoms with E-state index < -0.39 is 0 Å². The van der Waals surface area contributed by atoms with Crippen LogP contribution in [-0.2, 0) is 4.79 Å². The molecule has 0 amide bonds. The minimum Gasteiger partial charge on any atom is -0.285 e. The molecule has 0 atom stereocenters. The summed E-state index contributed by atoms with van der Waals surface area (Å²) in [4.78, 5) is 8.57. The normalized spacial score (nSPS) is 9.00. The minimum atomic E-state index is 0.222. The van der Waals surface area contributed by atoms with Crippen LogP contribution in [0.4, 0.5) is 0 Å². The van der Waals surface area contributed by atoms with Gasteiger partial charge in [-0.1, -0.05) is 46.3 Å². The van der Waals surface area contributed by atoms with E-state index in [0.29, 0.717) is 0 Å². The Labute approximate surface area is 95.8 Å². The lowest BCUT2D eigenvalue weighted by atomic mass is 10.1. The van der Waals surface area contributed by atoms with Crippen molar-refractivity contribution in [1.82, 2.24) is 0 Å². The van der Waals surface area contributed by atoms with Crippen molar-refractivity contribution in [3.8, 4) is 0 Å². The zero-order valence-corrected chi connectivity index (χ0v) is 9.62. The Morgan fingerprint density at radius 1 is 1.07 bits per heavy atom. The minimum absolute atomic E-state index is 0.222. The number of rotatable bonds is 0. The molecule has 0 aliphatic carbocycles. The van der Waals surface area contributed by atoms with Gasteiger partial charge in [-0.2, -0.15) is 0 Å². The first-order valence-corrected chi connectivity index (χ1v) is 5.19. The van der Waals surface area contributed by atoms with Gasteiger partial charge in [-0.3, -0.25) is 4.79 Å². The molecular weight excluding hydrogens is 263 g/mol. The predicted molar refractivity (Wildman–Crippen MR) is 64.3 cm³/mol. The van der Waals surface area contributed by atoms with Crippen molar-refractivity contribution in [2.45, 2.75) is 0 Å². The third-order valence-corrected chi connectivity index (χ3v) is 2.20. The maximum atomic E-state index is 8.57. The van der Waals surface area contributed by atoms with Crippen LogP contribution in [0.25, 0.3) is 10.8 Å². The zero-order chi connectivity index (χ0) is 10.4. The standard InChI is InChI=1S/C10H7Br.CHClO/c11-10-6-5-8-3-1-2-4-9(8)7-10;2-1-3/h1-7H;1H. The molecule has 2 aromatic carbocycles. The summed E-state index contributed by atoms with van der Waals surface area (Å²) < 4.78 is 1.14. The highest BCUT2D eigenvalue weighted by Gasteiger charge is 1.90. The second kappa shape index (κ2) is 5.78. The quantitative estimate of drug-likeness (QED) is 0.522. The van der Waals surface area contributed by atoms with E-state index in [1.165, 1.54) is 10.8 Å². The number of fused-ring (bicyclic) bond motifs is 1. The fourth-order valence-electron chi connectivity index (χ4n) is 1.16. The molecule has 0 saturated heterocycles. The van der Waals surface area contributed by atoms with Crippen LogP contribution in [0.2, 0.25) is 0 Å². The van der Waals surface area contributed by atoms with Gasteiger partial charge < -0.3 is 0 Å². The average molecular weight is 272 g/mol. The van der Waals surface area contributed by atoms with Gasteiger partial charge in [0, 0.05) is 4.47 Å². The molecule has 0 bridgehead atoms. The SMILES string of the molecule is Brc1ccc2ccccc2c1.O=CCl. The summed E-state index contributed by atoms with van der Waals surface area (Å²) in [6.07, 6.45) is 0. The molecule has 72 valence electrons. The lowest BCUT2D eigenvalue weighted by Gasteiger charge is -1.95. The molecule has 0 fully saturated rings. The molecule has 0 heterocycles. The summed E-state index contributed by atoms with van der Waals surface area (Å²) in [7, 11) is 0. The van der Waals surface area contributed by atoms with Crippen LogP contribution in [0.1, 0.15) is 0 Å². The second-order valence-corrected chi connectivity index (χ2v) is 3.67. The van der Waals surface area contributed by atoms with Crippen molar-refractivity contribution >= 4 is 44.0 Å². The van der Waals surface area contributed by atoms with Crippen molar-refractivity contribution < 1.29 is 4.79 Å². The van der Waals surface area contributed by atoms with Crippen LogP contribution in [0.5, 0.6) is 0 Å². The third-order valence-electron chi connectivity index (χ3n) is 1.71. The smallest absolute Gasteiger partial charge is 0.208 e. The van der Waals surface area contributed by atoms with Gasteiger partial charge >= 0.3 is 0 Å². The first kappa shape index (κ1) is 11.2. The Kier molecular flexibility index (Phi) is 4.63. The van der Waals surface area contributed by atoms with Gasteiger partial charge in [0.2, 0.25) is 5.75 Å². The van der Waals surface area contributed by atoms with E-state index in [1.54, 1.807) is 0 Å². The van der Waals surface area contributed by atoms with E-state index in [1.807, 2.05) is 0 Å². The fraction of sp³-hybridized carbons (Fsp3) is 0. The Morgan fingerprint density at radius 3 is 2.29 bits per heavy atom. The summed E-state index contributed by atoms with van der Waals surface area (Å²) in [5.41, 5.74) is 0. The molecule has 2 aromatic rings. The van der Waals surface area contributed by atoms with Crippen molar-refractivity contribution in [3.05, 3.63) is 46.9 Å². The Bertz CT molecular complexity index is 428. The molecular formula is C11H8BrClO. The lowest BCUT2D eigenvalue weighted by Crippen LogP contribution is -1.69. The highest BCUT2D eigenvalue weighted by atomic mass is 79.9. The van der Waals surface area contributed by atoms with E-state index in [4.69, 9.17) is 4.79 Å². The van der Waals surface area contributed by atoms with Gasteiger partial charge in [0.1, 0.15) is 0 Å². The van der Waals surface area contributed by atoms with Crippen molar-refractivity contribution in [1.29, 1.82) is 0 Å². The lowest BCUT2D eigenvalue weighted by molar-refractivity contribution is 0.569. The van der Waals surface area contributed by atoms with Crippen molar-refractivity contribution in [2.75, 3.05) is 0 Å². The maximum absolute atomic E-state index is 8.57. The predicted octanol–water partition coefficient (Wildman–Crippen LogP) is 4.02. The van der Waals surface area contributed by atoms with E-state index >= 15 is 0 Å². The first-order chi connectivity index (χ1) is 6.77. The van der Waals surface area contributed by atoms with Crippen LogP contribution in [0.3, 0.4) is 0 Å². The molecule has 0 aromatic heterocycles. The maximum Gasteiger partial charge on any atom is 0.208 e. The molecule has 0 aliphatic rings. The Balaban J connectivity index is 0.000000293. The summed E-state index contributed by atoms with van der Waals surface area (Å²) >= 11 is 7.75. The number of carbonyl (C=O) groups is 1. The van der Waals surface area contributed by atoms with Gasteiger partial charge in [-0.05, 0) is 34.5 Å². The summed E-state index contributed by atoms with van der Waals surface area (Å²) in [6, 6.07) is 14.6.